The Morgan fingerprint density at radius 2 is 2.08 bits per heavy atom. The summed E-state index contributed by atoms with van der Waals surface area (Å²) < 4.78 is 0.850. The molecule has 0 saturated heterocycles. The molecular formula is C9H7BrO2S. The predicted octanol–water partition coefficient (Wildman–Crippen LogP) is 2.80. The summed E-state index contributed by atoms with van der Waals surface area (Å²) >= 11 is 7.13. The SMILES string of the molecule is O=C(O)/C(S)=C\c1ccccc1Br. The maximum atomic E-state index is 10.5. The van der Waals surface area contributed by atoms with Crippen LogP contribution in [-0.4, -0.2) is 11.1 Å². The summed E-state index contributed by atoms with van der Waals surface area (Å²) in [4.78, 5) is 10.5. The lowest BCUT2D eigenvalue weighted by Crippen LogP contribution is -1.93. The van der Waals surface area contributed by atoms with Crippen molar-refractivity contribution in [3.05, 3.63) is 39.2 Å². The number of benzene rings is 1. The molecule has 1 N–H and O–H groups in total. The quantitative estimate of drug-likeness (QED) is 0.633. The minimum Gasteiger partial charge on any atom is -0.477 e. The van der Waals surface area contributed by atoms with Crippen molar-refractivity contribution < 1.29 is 9.90 Å². The molecule has 0 spiro atoms. The topological polar surface area (TPSA) is 37.3 Å². The Balaban J connectivity index is 3.04. The molecule has 0 saturated carbocycles. The maximum absolute atomic E-state index is 10.5. The number of hydrogen-bond donors (Lipinski definition) is 2. The van der Waals surface area contributed by atoms with Crippen LogP contribution < -0.4 is 0 Å². The molecule has 0 aliphatic heterocycles. The molecule has 68 valence electrons. The van der Waals surface area contributed by atoms with Crippen LogP contribution in [0.25, 0.3) is 6.08 Å². The van der Waals surface area contributed by atoms with Crippen molar-refractivity contribution in [3.8, 4) is 0 Å². The lowest BCUT2D eigenvalue weighted by molar-refractivity contribution is -0.131. The molecule has 1 aromatic carbocycles. The summed E-state index contributed by atoms with van der Waals surface area (Å²) in [6.07, 6.45) is 1.50. The first-order valence-electron chi connectivity index (χ1n) is 3.50. The highest BCUT2D eigenvalue weighted by molar-refractivity contribution is 9.10. The fourth-order valence-corrected chi connectivity index (χ4v) is 1.34. The third-order valence-corrected chi connectivity index (χ3v) is 2.46. The van der Waals surface area contributed by atoms with Gasteiger partial charge in [0.15, 0.2) is 0 Å². The summed E-state index contributed by atoms with van der Waals surface area (Å²) in [6.45, 7) is 0. The van der Waals surface area contributed by atoms with Gasteiger partial charge in [-0.1, -0.05) is 34.1 Å². The van der Waals surface area contributed by atoms with E-state index in [9.17, 15) is 4.79 Å². The van der Waals surface area contributed by atoms with E-state index in [1.165, 1.54) is 6.08 Å². The lowest BCUT2D eigenvalue weighted by Gasteiger charge is -1.97. The summed E-state index contributed by atoms with van der Waals surface area (Å²) in [5.74, 6) is -1.03. The largest absolute Gasteiger partial charge is 0.477 e. The smallest absolute Gasteiger partial charge is 0.341 e. The van der Waals surface area contributed by atoms with Gasteiger partial charge in [0.1, 0.15) is 0 Å². The van der Waals surface area contributed by atoms with Crippen LogP contribution in [0.3, 0.4) is 0 Å². The van der Waals surface area contributed by atoms with Crippen LogP contribution in [0.2, 0.25) is 0 Å². The lowest BCUT2D eigenvalue weighted by atomic mass is 10.2. The fraction of sp³-hybridized carbons (Fsp3) is 0. The Kier molecular flexibility index (Phi) is 3.57. The molecule has 0 fully saturated rings. The zero-order valence-corrected chi connectivity index (χ0v) is 9.05. The third-order valence-electron chi connectivity index (χ3n) is 1.42. The van der Waals surface area contributed by atoms with Gasteiger partial charge in [0.05, 0.1) is 4.91 Å². The second-order valence-corrected chi connectivity index (χ2v) is 3.69. The summed E-state index contributed by atoms with van der Waals surface area (Å²) in [7, 11) is 0. The Hall–Kier alpha value is -0.740. The summed E-state index contributed by atoms with van der Waals surface area (Å²) in [6, 6.07) is 7.35. The monoisotopic (exact) mass is 258 g/mol. The van der Waals surface area contributed by atoms with Crippen LogP contribution in [0.4, 0.5) is 0 Å². The Morgan fingerprint density at radius 1 is 1.46 bits per heavy atom. The molecule has 0 radical (unpaired) electrons. The van der Waals surface area contributed by atoms with Crippen LogP contribution in [0.1, 0.15) is 5.56 Å². The van der Waals surface area contributed by atoms with Crippen molar-refractivity contribution in [1.29, 1.82) is 0 Å². The molecule has 1 rings (SSSR count). The zero-order valence-electron chi connectivity index (χ0n) is 6.57. The Bertz CT molecular complexity index is 360. The molecule has 0 aliphatic carbocycles. The van der Waals surface area contributed by atoms with E-state index in [1.807, 2.05) is 24.3 Å². The first kappa shape index (κ1) is 10.3. The minimum absolute atomic E-state index is 0.0203. The molecule has 4 heteroatoms. The van der Waals surface area contributed by atoms with E-state index in [2.05, 4.69) is 28.6 Å². The molecule has 0 unspecified atom stereocenters. The van der Waals surface area contributed by atoms with Gasteiger partial charge in [-0.05, 0) is 17.7 Å². The van der Waals surface area contributed by atoms with Gasteiger partial charge in [-0.15, -0.1) is 12.6 Å². The van der Waals surface area contributed by atoms with Gasteiger partial charge in [-0.25, -0.2) is 4.79 Å². The third kappa shape index (κ3) is 2.90. The highest BCUT2D eigenvalue weighted by atomic mass is 79.9. The van der Waals surface area contributed by atoms with E-state index >= 15 is 0 Å². The highest BCUT2D eigenvalue weighted by Gasteiger charge is 2.02. The Morgan fingerprint density at radius 3 is 2.62 bits per heavy atom. The van der Waals surface area contributed by atoms with E-state index in [-0.39, 0.29) is 4.91 Å². The van der Waals surface area contributed by atoms with Crippen molar-refractivity contribution in [1.82, 2.24) is 0 Å². The number of hydrogen-bond acceptors (Lipinski definition) is 2. The fourth-order valence-electron chi connectivity index (χ4n) is 0.801. The molecule has 0 bridgehead atoms. The average Bonchev–Trinajstić information content (AvgIpc) is 2.08. The first-order chi connectivity index (χ1) is 6.11. The number of carbonyl (C=O) groups is 1. The maximum Gasteiger partial charge on any atom is 0.341 e. The Labute approximate surface area is 89.8 Å². The zero-order chi connectivity index (χ0) is 9.84. The second-order valence-electron chi connectivity index (χ2n) is 2.36. The van der Waals surface area contributed by atoms with Crippen LogP contribution in [0.5, 0.6) is 0 Å². The van der Waals surface area contributed by atoms with Gasteiger partial charge in [0.25, 0.3) is 0 Å². The number of halogens is 1. The average molecular weight is 259 g/mol. The summed E-state index contributed by atoms with van der Waals surface area (Å²) in [5.41, 5.74) is 0.801. The number of thiol groups is 1. The van der Waals surface area contributed by atoms with E-state index in [1.54, 1.807) is 0 Å². The second kappa shape index (κ2) is 4.48. The van der Waals surface area contributed by atoms with Crippen molar-refractivity contribution in [2.75, 3.05) is 0 Å². The van der Waals surface area contributed by atoms with Crippen LogP contribution in [0.15, 0.2) is 33.6 Å². The number of carboxylic acid groups (broad SMARTS) is 1. The van der Waals surface area contributed by atoms with Crippen molar-refractivity contribution in [2.45, 2.75) is 0 Å². The number of rotatable bonds is 2. The van der Waals surface area contributed by atoms with Gasteiger partial charge in [-0.2, -0.15) is 0 Å². The summed E-state index contributed by atoms with van der Waals surface area (Å²) in [5, 5.41) is 8.57. The predicted molar refractivity (Wildman–Crippen MR) is 58.7 cm³/mol. The molecule has 13 heavy (non-hydrogen) atoms. The molecule has 0 aliphatic rings. The molecular weight excluding hydrogens is 252 g/mol. The molecule has 0 heterocycles. The van der Waals surface area contributed by atoms with E-state index in [0.717, 1.165) is 10.0 Å². The van der Waals surface area contributed by atoms with Gasteiger partial charge < -0.3 is 5.11 Å². The van der Waals surface area contributed by atoms with E-state index in [4.69, 9.17) is 5.11 Å². The van der Waals surface area contributed by atoms with Gasteiger partial charge in [-0.3, -0.25) is 0 Å². The molecule has 1 aromatic rings. The van der Waals surface area contributed by atoms with Crippen molar-refractivity contribution in [2.24, 2.45) is 0 Å². The van der Waals surface area contributed by atoms with E-state index in [0.29, 0.717) is 0 Å². The first-order valence-corrected chi connectivity index (χ1v) is 4.74. The van der Waals surface area contributed by atoms with Gasteiger partial charge >= 0.3 is 5.97 Å². The van der Waals surface area contributed by atoms with Crippen LogP contribution in [0, 0.1) is 0 Å². The van der Waals surface area contributed by atoms with E-state index < -0.39 is 5.97 Å². The normalized spacial score (nSPS) is 11.4. The molecule has 0 atom stereocenters. The van der Waals surface area contributed by atoms with Crippen LogP contribution >= 0.6 is 28.6 Å². The van der Waals surface area contributed by atoms with Crippen molar-refractivity contribution in [3.63, 3.8) is 0 Å². The number of aliphatic carboxylic acids is 1. The highest BCUT2D eigenvalue weighted by Crippen LogP contribution is 2.19. The van der Waals surface area contributed by atoms with Crippen molar-refractivity contribution >= 4 is 40.6 Å². The standard InChI is InChI=1S/C9H7BrO2S/c10-7-4-2-1-3-6(7)5-8(13)9(11)12/h1-5,13H,(H,11,12)/b8-5+. The molecule has 2 nitrogen and oxygen atoms in total. The molecule has 0 aromatic heterocycles. The van der Waals surface area contributed by atoms with Gasteiger partial charge in [0.2, 0.25) is 0 Å². The molecule has 0 amide bonds. The number of carboxylic acids is 1. The van der Waals surface area contributed by atoms with Gasteiger partial charge in [0, 0.05) is 4.47 Å². The minimum atomic E-state index is -1.03. The van der Waals surface area contributed by atoms with Crippen LogP contribution in [-0.2, 0) is 4.79 Å².